The number of benzene rings is 2. The monoisotopic (exact) mass is 386 g/mol. The van der Waals surface area contributed by atoms with Gasteiger partial charge < -0.3 is 19.9 Å². The van der Waals surface area contributed by atoms with Crippen LogP contribution in [0.15, 0.2) is 70.2 Å². The lowest BCUT2D eigenvalue weighted by atomic mass is 10.2. The van der Waals surface area contributed by atoms with Crippen molar-refractivity contribution < 1.29 is 18.0 Å². The van der Waals surface area contributed by atoms with Gasteiger partial charge in [0, 0.05) is 30.8 Å². The number of nitrogens with one attached hydrogen (secondary N) is 2. The lowest BCUT2D eigenvalue weighted by Crippen LogP contribution is -2.36. The van der Waals surface area contributed by atoms with Crippen LogP contribution in [0.3, 0.4) is 0 Å². The molecule has 0 saturated carbocycles. The van der Waals surface area contributed by atoms with Gasteiger partial charge in [-0.15, -0.1) is 0 Å². The number of halogens is 2. The smallest absolute Gasteiger partial charge is 0.387 e. The molecule has 2 N–H and O–H groups in total. The van der Waals surface area contributed by atoms with E-state index in [0.717, 1.165) is 5.56 Å². The van der Waals surface area contributed by atoms with Crippen molar-refractivity contribution in [2.75, 3.05) is 7.05 Å². The van der Waals surface area contributed by atoms with Crippen molar-refractivity contribution in [1.29, 1.82) is 0 Å². The zero-order valence-electron chi connectivity index (χ0n) is 15.2. The Balaban J connectivity index is 1.55. The molecule has 146 valence electrons. The number of hydrogen-bond donors (Lipinski definition) is 2. The molecule has 0 saturated heterocycles. The van der Waals surface area contributed by atoms with Gasteiger partial charge in [0.2, 0.25) is 0 Å². The topological polar surface area (TPSA) is 71.7 Å². The van der Waals surface area contributed by atoms with Crippen molar-refractivity contribution in [3.8, 4) is 17.1 Å². The van der Waals surface area contributed by atoms with Gasteiger partial charge in [-0.05, 0) is 6.07 Å². The molecule has 0 amide bonds. The first-order chi connectivity index (χ1) is 13.7. The maximum Gasteiger partial charge on any atom is 0.387 e. The molecular weight excluding hydrogens is 366 g/mol. The third-order valence-electron chi connectivity index (χ3n) is 3.91. The number of ether oxygens (including phenoxy) is 1. The highest BCUT2D eigenvalue weighted by molar-refractivity contribution is 5.79. The molecule has 3 aromatic rings. The summed E-state index contributed by atoms with van der Waals surface area (Å²) in [6.07, 6.45) is 0. The molecule has 0 spiro atoms. The lowest BCUT2D eigenvalue weighted by Gasteiger charge is -2.14. The first-order valence-corrected chi connectivity index (χ1v) is 8.64. The van der Waals surface area contributed by atoms with Crippen molar-refractivity contribution >= 4 is 5.96 Å². The van der Waals surface area contributed by atoms with Crippen LogP contribution in [-0.4, -0.2) is 24.8 Å². The van der Waals surface area contributed by atoms with Crippen LogP contribution in [-0.2, 0) is 13.1 Å². The van der Waals surface area contributed by atoms with E-state index in [4.69, 9.17) is 4.52 Å². The van der Waals surface area contributed by atoms with Crippen molar-refractivity contribution in [3.63, 3.8) is 0 Å². The number of alkyl halides is 2. The molecule has 0 radical (unpaired) electrons. The SMILES string of the molecule is CN=C(NCc1cc(-c2ccccc2)on1)NCc1ccccc1OC(F)F. The number of para-hydroxylation sites is 1. The first-order valence-electron chi connectivity index (χ1n) is 8.64. The summed E-state index contributed by atoms with van der Waals surface area (Å²) in [4.78, 5) is 4.12. The molecule has 1 heterocycles. The van der Waals surface area contributed by atoms with Gasteiger partial charge in [-0.25, -0.2) is 0 Å². The van der Waals surface area contributed by atoms with Crippen LogP contribution in [0.25, 0.3) is 11.3 Å². The predicted octanol–water partition coefficient (Wildman–Crippen LogP) is 3.81. The van der Waals surface area contributed by atoms with Gasteiger partial charge in [0.05, 0.1) is 6.54 Å². The van der Waals surface area contributed by atoms with Crippen LogP contribution in [0.5, 0.6) is 5.75 Å². The minimum absolute atomic E-state index is 0.129. The Morgan fingerprint density at radius 3 is 2.54 bits per heavy atom. The van der Waals surface area contributed by atoms with Crippen molar-refractivity contribution in [1.82, 2.24) is 15.8 Å². The third-order valence-corrected chi connectivity index (χ3v) is 3.91. The summed E-state index contributed by atoms with van der Waals surface area (Å²) in [7, 11) is 1.62. The molecule has 2 aromatic carbocycles. The fourth-order valence-corrected chi connectivity index (χ4v) is 2.57. The quantitative estimate of drug-likeness (QED) is 0.477. The molecule has 6 nitrogen and oxygen atoms in total. The first kappa shape index (κ1) is 19.3. The summed E-state index contributed by atoms with van der Waals surface area (Å²) >= 11 is 0. The van der Waals surface area contributed by atoms with Crippen molar-refractivity contribution in [3.05, 3.63) is 71.9 Å². The molecular formula is C20H20F2N4O2. The maximum atomic E-state index is 12.5. The molecule has 1 aromatic heterocycles. The third kappa shape index (κ3) is 5.29. The van der Waals surface area contributed by atoms with Crippen molar-refractivity contribution in [2.45, 2.75) is 19.7 Å². The summed E-state index contributed by atoms with van der Waals surface area (Å²) in [5.41, 5.74) is 2.25. The minimum atomic E-state index is -2.87. The fourth-order valence-electron chi connectivity index (χ4n) is 2.57. The summed E-state index contributed by atoms with van der Waals surface area (Å²) in [5.74, 6) is 1.30. The molecule has 0 aliphatic rings. The molecule has 0 bridgehead atoms. The Morgan fingerprint density at radius 2 is 1.79 bits per heavy atom. The van der Waals surface area contributed by atoms with Gasteiger partial charge in [0.1, 0.15) is 11.4 Å². The number of aliphatic imine (C=N–C) groups is 1. The van der Waals surface area contributed by atoms with E-state index in [1.54, 1.807) is 25.2 Å². The predicted molar refractivity (Wildman–Crippen MR) is 102 cm³/mol. The summed E-state index contributed by atoms with van der Waals surface area (Å²) in [6, 6.07) is 18.1. The average molecular weight is 386 g/mol. The van der Waals surface area contributed by atoms with Crippen LogP contribution in [0.2, 0.25) is 0 Å². The Kier molecular flexibility index (Phi) is 6.56. The van der Waals surface area contributed by atoms with E-state index in [1.807, 2.05) is 36.4 Å². The van der Waals surface area contributed by atoms with Crippen LogP contribution < -0.4 is 15.4 Å². The summed E-state index contributed by atoms with van der Waals surface area (Å²) in [5, 5.41) is 10.2. The number of hydrogen-bond acceptors (Lipinski definition) is 4. The van der Waals surface area contributed by atoms with Gasteiger partial charge in [-0.1, -0.05) is 53.7 Å². The normalized spacial score (nSPS) is 11.5. The van der Waals surface area contributed by atoms with Gasteiger partial charge >= 0.3 is 6.61 Å². The van der Waals surface area contributed by atoms with Gasteiger partial charge in [0.15, 0.2) is 11.7 Å². The van der Waals surface area contributed by atoms with E-state index in [9.17, 15) is 8.78 Å². The van der Waals surface area contributed by atoms with E-state index in [2.05, 4.69) is 25.5 Å². The second kappa shape index (κ2) is 9.50. The summed E-state index contributed by atoms with van der Waals surface area (Å²) < 4.78 is 34.9. The minimum Gasteiger partial charge on any atom is -0.434 e. The zero-order valence-corrected chi connectivity index (χ0v) is 15.2. The largest absolute Gasteiger partial charge is 0.434 e. The van der Waals surface area contributed by atoms with Crippen molar-refractivity contribution in [2.24, 2.45) is 4.99 Å². The van der Waals surface area contributed by atoms with E-state index in [1.165, 1.54) is 6.07 Å². The van der Waals surface area contributed by atoms with Crippen LogP contribution >= 0.6 is 0 Å². The second-order valence-corrected chi connectivity index (χ2v) is 5.81. The fraction of sp³-hybridized carbons (Fsp3) is 0.200. The maximum absolute atomic E-state index is 12.5. The average Bonchev–Trinajstić information content (AvgIpc) is 3.18. The Hall–Kier alpha value is -3.42. The number of rotatable bonds is 7. The Labute approximate surface area is 161 Å². The standard InChI is InChI=1S/C20H20F2N4O2/c1-23-20(24-12-15-9-5-6-10-17(15)27-19(21)22)25-13-16-11-18(28-26-16)14-7-3-2-4-8-14/h2-11,19H,12-13H2,1H3,(H2,23,24,25). The number of aromatic nitrogens is 1. The number of guanidine groups is 1. The highest BCUT2D eigenvalue weighted by Gasteiger charge is 2.10. The van der Waals surface area contributed by atoms with Gasteiger partial charge in [-0.3, -0.25) is 4.99 Å². The molecule has 0 unspecified atom stereocenters. The van der Waals surface area contributed by atoms with Crippen LogP contribution in [0.1, 0.15) is 11.3 Å². The Morgan fingerprint density at radius 1 is 1.07 bits per heavy atom. The van der Waals surface area contributed by atoms with Gasteiger partial charge in [-0.2, -0.15) is 8.78 Å². The Bertz CT molecular complexity index is 913. The lowest BCUT2D eigenvalue weighted by molar-refractivity contribution is -0.0504. The number of nitrogens with zero attached hydrogens (tertiary/aromatic N) is 2. The van der Waals surface area contributed by atoms with E-state index >= 15 is 0 Å². The van der Waals surface area contributed by atoms with Crippen LogP contribution in [0.4, 0.5) is 8.78 Å². The molecule has 0 aliphatic carbocycles. The molecule has 8 heteroatoms. The van der Waals surface area contributed by atoms with E-state index in [0.29, 0.717) is 29.5 Å². The van der Waals surface area contributed by atoms with Crippen LogP contribution in [0, 0.1) is 0 Å². The summed E-state index contributed by atoms with van der Waals surface area (Å²) in [6.45, 7) is -2.20. The van der Waals surface area contributed by atoms with E-state index < -0.39 is 6.61 Å². The second-order valence-electron chi connectivity index (χ2n) is 5.81. The molecule has 0 aliphatic heterocycles. The highest BCUT2D eigenvalue weighted by Crippen LogP contribution is 2.20. The highest BCUT2D eigenvalue weighted by atomic mass is 19.3. The molecule has 3 rings (SSSR count). The van der Waals surface area contributed by atoms with E-state index in [-0.39, 0.29) is 12.3 Å². The van der Waals surface area contributed by atoms with Gasteiger partial charge in [0.25, 0.3) is 0 Å². The molecule has 0 fully saturated rings. The zero-order chi connectivity index (χ0) is 19.8. The molecule has 0 atom stereocenters. The molecule has 28 heavy (non-hydrogen) atoms.